The molecule has 2 rings (SSSR count). The number of aliphatic hydroxyl groups is 1. The average Bonchev–Trinajstić information content (AvgIpc) is 2.97. The number of nitrogens with zero attached hydrogens (tertiary/aromatic N) is 3. The third kappa shape index (κ3) is 4.22. The molecule has 0 aliphatic carbocycles. The van der Waals surface area contributed by atoms with E-state index in [4.69, 9.17) is 0 Å². The number of carbonyl (C=O) groups is 1. The van der Waals surface area contributed by atoms with E-state index in [-0.39, 0.29) is 11.9 Å². The lowest BCUT2D eigenvalue weighted by Gasteiger charge is -2.34. The van der Waals surface area contributed by atoms with Crippen molar-refractivity contribution in [2.75, 3.05) is 19.6 Å². The Morgan fingerprint density at radius 2 is 2.36 bits per heavy atom. The molecule has 0 aromatic carbocycles. The third-order valence-electron chi connectivity index (χ3n) is 4.37. The highest BCUT2D eigenvalue weighted by atomic mass is 16.3. The van der Waals surface area contributed by atoms with Gasteiger partial charge < -0.3 is 19.9 Å². The maximum absolute atomic E-state index is 12.2. The van der Waals surface area contributed by atoms with Crippen LogP contribution in [-0.4, -0.2) is 45.2 Å². The van der Waals surface area contributed by atoms with Crippen molar-refractivity contribution in [2.24, 2.45) is 13.0 Å². The zero-order valence-corrected chi connectivity index (χ0v) is 13.7. The van der Waals surface area contributed by atoms with Gasteiger partial charge in [0, 0.05) is 45.0 Å². The Hall–Kier alpha value is -1.56. The summed E-state index contributed by atoms with van der Waals surface area (Å²) in [4.78, 5) is 18.2. The van der Waals surface area contributed by atoms with Gasteiger partial charge in [0.2, 0.25) is 0 Å². The second-order valence-electron chi connectivity index (χ2n) is 6.13. The molecule has 1 aliphatic rings. The number of rotatable bonds is 6. The van der Waals surface area contributed by atoms with Crippen molar-refractivity contribution >= 4 is 6.03 Å². The first-order valence-corrected chi connectivity index (χ1v) is 8.31. The maximum atomic E-state index is 12.2. The molecule has 2 heterocycles. The van der Waals surface area contributed by atoms with Gasteiger partial charge in [-0.05, 0) is 19.3 Å². The molecule has 1 aromatic heterocycles. The summed E-state index contributed by atoms with van der Waals surface area (Å²) in [6.07, 6.45) is 8.07. The monoisotopic (exact) mass is 308 g/mol. The van der Waals surface area contributed by atoms with E-state index in [2.05, 4.69) is 17.2 Å². The van der Waals surface area contributed by atoms with E-state index >= 15 is 0 Å². The Morgan fingerprint density at radius 1 is 1.55 bits per heavy atom. The van der Waals surface area contributed by atoms with Crippen LogP contribution in [0.3, 0.4) is 0 Å². The summed E-state index contributed by atoms with van der Waals surface area (Å²) in [6.45, 7) is 4.24. The topological polar surface area (TPSA) is 70.4 Å². The standard InChI is InChI=1S/C16H28N4O2/c1-3-4-5-8-18-16(22)20-10-6-7-13(12-20)14(21)15-17-9-11-19(15)2/h9,11,13-14,21H,3-8,10,12H2,1-2H3,(H,18,22). The van der Waals surface area contributed by atoms with Crippen molar-refractivity contribution in [1.29, 1.82) is 0 Å². The van der Waals surface area contributed by atoms with E-state index in [1.165, 1.54) is 0 Å². The number of hydrogen-bond donors (Lipinski definition) is 2. The molecule has 0 bridgehead atoms. The normalized spacial score (nSPS) is 20.0. The van der Waals surface area contributed by atoms with Gasteiger partial charge in [0.25, 0.3) is 0 Å². The number of likely N-dealkylation sites (tertiary alicyclic amines) is 1. The fraction of sp³-hybridized carbons (Fsp3) is 0.750. The molecular weight excluding hydrogens is 280 g/mol. The summed E-state index contributed by atoms with van der Waals surface area (Å²) in [6, 6.07) is -0.00663. The number of aryl methyl sites for hydroxylation is 1. The molecule has 2 unspecified atom stereocenters. The minimum Gasteiger partial charge on any atom is -0.385 e. The van der Waals surface area contributed by atoms with E-state index in [1.807, 2.05) is 22.7 Å². The fourth-order valence-corrected chi connectivity index (χ4v) is 3.01. The molecule has 1 aromatic rings. The van der Waals surface area contributed by atoms with Crippen LogP contribution in [0.25, 0.3) is 0 Å². The smallest absolute Gasteiger partial charge is 0.317 e. The van der Waals surface area contributed by atoms with Gasteiger partial charge in [-0.2, -0.15) is 0 Å². The molecule has 22 heavy (non-hydrogen) atoms. The molecule has 2 N–H and O–H groups in total. The molecule has 1 saturated heterocycles. The number of aliphatic hydroxyl groups excluding tert-OH is 1. The summed E-state index contributed by atoms with van der Waals surface area (Å²) < 4.78 is 1.84. The highest BCUT2D eigenvalue weighted by Crippen LogP contribution is 2.28. The molecule has 2 atom stereocenters. The number of hydrogen-bond acceptors (Lipinski definition) is 3. The first kappa shape index (κ1) is 16.8. The van der Waals surface area contributed by atoms with Gasteiger partial charge in [0.15, 0.2) is 0 Å². The van der Waals surface area contributed by atoms with Crippen molar-refractivity contribution in [2.45, 2.75) is 45.1 Å². The minimum atomic E-state index is -0.615. The lowest BCUT2D eigenvalue weighted by molar-refractivity contribution is 0.0532. The highest BCUT2D eigenvalue weighted by molar-refractivity contribution is 5.74. The zero-order valence-electron chi connectivity index (χ0n) is 13.7. The SMILES string of the molecule is CCCCCNC(=O)N1CCCC(C(O)c2nccn2C)C1. The number of piperidine rings is 1. The van der Waals surface area contributed by atoms with Crippen molar-refractivity contribution in [1.82, 2.24) is 19.8 Å². The molecule has 1 fully saturated rings. The van der Waals surface area contributed by atoms with Gasteiger partial charge >= 0.3 is 6.03 Å². The number of aromatic nitrogens is 2. The summed E-state index contributed by atoms with van der Waals surface area (Å²) in [7, 11) is 1.88. The van der Waals surface area contributed by atoms with E-state index in [1.54, 1.807) is 6.20 Å². The summed E-state index contributed by atoms with van der Waals surface area (Å²) in [5.74, 6) is 0.728. The first-order chi connectivity index (χ1) is 10.6. The van der Waals surface area contributed by atoms with Crippen LogP contribution in [0.5, 0.6) is 0 Å². The predicted molar refractivity (Wildman–Crippen MR) is 85.4 cm³/mol. The lowest BCUT2D eigenvalue weighted by atomic mass is 9.92. The van der Waals surface area contributed by atoms with E-state index in [0.29, 0.717) is 12.4 Å². The molecule has 0 spiro atoms. The highest BCUT2D eigenvalue weighted by Gasteiger charge is 2.30. The quantitative estimate of drug-likeness (QED) is 0.790. The van der Waals surface area contributed by atoms with Crippen LogP contribution >= 0.6 is 0 Å². The van der Waals surface area contributed by atoms with Crippen LogP contribution in [0.2, 0.25) is 0 Å². The van der Waals surface area contributed by atoms with Gasteiger partial charge in [-0.25, -0.2) is 9.78 Å². The number of urea groups is 1. The molecule has 6 nitrogen and oxygen atoms in total. The Morgan fingerprint density at radius 3 is 3.05 bits per heavy atom. The number of unbranched alkanes of at least 4 members (excludes halogenated alkanes) is 2. The van der Waals surface area contributed by atoms with Crippen LogP contribution in [-0.2, 0) is 7.05 Å². The van der Waals surface area contributed by atoms with E-state index < -0.39 is 6.10 Å². The molecule has 1 aliphatic heterocycles. The van der Waals surface area contributed by atoms with Crippen LogP contribution < -0.4 is 5.32 Å². The second kappa shape index (κ2) is 8.17. The van der Waals surface area contributed by atoms with Crippen molar-refractivity contribution in [3.05, 3.63) is 18.2 Å². The zero-order chi connectivity index (χ0) is 15.9. The number of amides is 2. The average molecular weight is 308 g/mol. The third-order valence-corrected chi connectivity index (χ3v) is 4.37. The number of carbonyl (C=O) groups excluding carboxylic acids is 1. The van der Waals surface area contributed by atoms with Crippen molar-refractivity contribution in [3.8, 4) is 0 Å². The Labute approximate surface area is 132 Å². The second-order valence-corrected chi connectivity index (χ2v) is 6.13. The maximum Gasteiger partial charge on any atom is 0.317 e. The molecule has 2 amide bonds. The van der Waals surface area contributed by atoms with Gasteiger partial charge in [-0.3, -0.25) is 0 Å². The van der Waals surface area contributed by atoms with Gasteiger partial charge in [-0.15, -0.1) is 0 Å². The summed E-state index contributed by atoms with van der Waals surface area (Å²) in [5, 5.41) is 13.5. The molecule has 0 radical (unpaired) electrons. The first-order valence-electron chi connectivity index (χ1n) is 8.31. The van der Waals surface area contributed by atoms with Crippen molar-refractivity contribution in [3.63, 3.8) is 0 Å². The fourth-order valence-electron chi connectivity index (χ4n) is 3.01. The number of imidazole rings is 1. The Kier molecular flexibility index (Phi) is 6.24. The number of nitrogens with one attached hydrogen (secondary N) is 1. The molecular formula is C16H28N4O2. The minimum absolute atomic E-state index is 0.00663. The Bertz CT molecular complexity index is 474. The summed E-state index contributed by atoms with van der Waals surface area (Å²) >= 11 is 0. The molecule has 6 heteroatoms. The molecule has 124 valence electrons. The van der Waals surface area contributed by atoms with Crippen LogP contribution in [0.15, 0.2) is 12.4 Å². The molecule has 0 saturated carbocycles. The van der Waals surface area contributed by atoms with Gasteiger partial charge in [0.05, 0.1) is 0 Å². The van der Waals surface area contributed by atoms with E-state index in [9.17, 15) is 9.90 Å². The van der Waals surface area contributed by atoms with E-state index in [0.717, 1.165) is 45.2 Å². The van der Waals surface area contributed by atoms with Gasteiger partial charge in [-0.1, -0.05) is 19.8 Å². The van der Waals surface area contributed by atoms with Crippen LogP contribution in [0.1, 0.15) is 51.0 Å². The van der Waals surface area contributed by atoms with Crippen LogP contribution in [0, 0.1) is 5.92 Å². The predicted octanol–water partition coefficient (Wildman–Crippen LogP) is 2.07. The lowest BCUT2D eigenvalue weighted by Crippen LogP contribution is -2.47. The van der Waals surface area contributed by atoms with Gasteiger partial charge in [0.1, 0.15) is 11.9 Å². The Balaban J connectivity index is 1.86. The van der Waals surface area contributed by atoms with Crippen LogP contribution in [0.4, 0.5) is 4.79 Å². The summed E-state index contributed by atoms with van der Waals surface area (Å²) in [5.41, 5.74) is 0. The largest absolute Gasteiger partial charge is 0.385 e. The van der Waals surface area contributed by atoms with Crippen molar-refractivity contribution < 1.29 is 9.90 Å².